The number of piperidine rings is 1. The van der Waals surface area contributed by atoms with Crippen molar-refractivity contribution in [2.45, 2.75) is 19.8 Å². The highest BCUT2D eigenvalue weighted by Crippen LogP contribution is 2.30. The molecule has 0 aromatic heterocycles. The molecular formula is C15H20FNO3. The van der Waals surface area contributed by atoms with Gasteiger partial charge in [0.1, 0.15) is 6.61 Å². The quantitative estimate of drug-likeness (QED) is 0.900. The van der Waals surface area contributed by atoms with E-state index in [9.17, 15) is 9.18 Å². The van der Waals surface area contributed by atoms with Gasteiger partial charge in [0, 0.05) is 6.54 Å². The fourth-order valence-corrected chi connectivity index (χ4v) is 2.33. The minimum absolute atomic E-state index is 0.264. The molecule has 4 nitrogen and oxygen atoms in total. The molecule has 5 heteroatoms. The van der Waals surface area contributed by atoms with Crippen LogP contribution in [0, 0.1) is 11.2 Å². The number of benzene rings is 1. The molecule has 0 spiro atoms. The minimum atomic E-state index is -0.722. The van der Waals surface area contributed by atoms with Crippen molar-refractivity contribution in [3.8, 4) is 5.75 Å². The molecule has 0 aliphatic carbocycles. The van der Waals surface area contributed by atoms with Gasteiger partial charge >= 0.3 is 5.97 Å². The summed E-state index contributed by atoms with van der Waals surface area (Å²) in [7, 11) is 0. The molecule has 110 valence electrons. The number of rotatable bonds is 5. The first-order valence-corrected chi connectivity index (χ1v) is 6.84. The number of hydrogen-bond donors (Lipinski definition) is 1. The summed E-state index contributed by atoms with van der Waals surface area (Å²) < 4.78 is 18.7. The lowest BCUT2D eigenvalue weighted by Gasteiger charge is -2.36. The van der Waals surface area contributed by atoms with E-state index in [1.165, 1.54) is 6.07 Å². The lowest BCUT2D eigenvalue weighted by atomic mass is 9.80. The third-order valence-corrected chi connectivity index (χ3v) is 3.98. The van der Waals surface area contributed by atoms with E-state index >= 15 is 0 Å². The van der Waals surface area contributed by atoms with Gasteiger partial charge in [0.15, 0.2) is 11.6 Å². The fraction of sp³-hybridized carbons (Fsp3) is 0.533. The average Bonchev–Trinajstić information content (AvgIpc) is 2.43. The fourth-order valence-electron chi connectivity index (χ4n) is 2.33. The first-order valence-electron chi connectivity index (χ1n) is 6.84. The van der Waals surface area contributed by atoms with Crippen LogP contribution in [0.1, 0.15) is 19.8 Å². The summed E-state index contributed by atoms with van der Waals surface area (Å²) in [6, 6.07) is 6.33. The number of halogens is 1. The van der Waals surface area contributed by atoms with Crippen LogP contribution < -0.4 is 4.74 Å². The summed E-state index contributed by atoms with van der Waals surface area (Å²) >= 11 is 0. The number of hydrogen-bond acceptors (Lipinski definition) is 3. The lowest BCUT2D eigenvalue weighted by Crippen LogP contribution is -2.43. The number of ether oxygens (including phenoxy) is 1. The highest BCUT2D eigenvalue weighted by molar-refractivity contribution is 5.74. The zero-order valence-electron chi connectivity index (χ0n) is 11.6. The maximum Gasteiger partial charge on any atom is 0.309 e. The molecule has 1 heterocycles. The maximum atomic E-state index is 13.3. The van der Waals surface area contributed by atoms with Gasteiger partial charge < -0.3 is 9.84 Å². The standard InChI is InChI=1S/C15H20FNO3/c1-15(14(18)19)6-8-17(9-7-15)10-11-20-13-5-3-2-4-12(13)16/h2-5H,6-11H2,1H3,(H,18,19). The van der Waals surface area contributed by atoms with Gasteiger partial charge in [-0.1, -0.05) is 12.1 Å². The number of carbonyl (C=O) groups is 1. The van der Waals surface area contributed by atoms with Gasteiger partial charge in [-0.25, -0.2) is 4.39 Å². The smallest absolute Gasteiger partial charge is 0.309 e. The van der Waals surface area contributed by atoms with Crippen LogP contribution in [0.4, 0.5) is 4.39 Å². The van der Waals surface area contributed by atoms with Crippen molar-refractivity contribution < 1.29 is 19.0 Å². The zero-order chi connectivity index (χ0) is 14.6. The SMILES string of the molecule is CC1(C(=O)O)CCN(CCOc2ccccc2F)CC1. The van der Waals surface area contributed by atoms with Gasteiger partial charge in [-0.05, 0) is 45.0 Å². The van der Waals surface area contributed by atoms with Crippen molar-refractivity contribution in [1.82, 2.24) is 4.90 Å². The molecule has 0 atom stereocenters. The van der Waals surface area contributed by atoms with Crippen LogP contribution in [0.2, 0.25) is 0 Å². The Balaban J connectivity index is 1.74. The highest BCUT2D eigenvalue weighted by atomic mass is 19.1. The van der Waals surface area contributed by atoms with E-state index in [0.29, 0.717) is 26.0 Å². The number of para-hydroxylation sites is 1. The van der Waals surface area contributed by atoms with Crippen LogP contribution in [0.25, 0.3) is 0 Å². The van der Waals surface area contributed by atoms with Gasteiger partial charge in [-0.15, -0.1) is 0 Å². The van der Waals surface area contributed by atoms with Crippen molar-refractivity contribution in [3.63, 3.8) is 0 Å². The van der Waals surface area contributed by atoms with E-state index < -0.39 is 11.4 Å². The van der Waals surface area contributed by atoms with Crippen LogP contribution >= 0.6 is 0 Å². The number of carboxylic acids is 1. The summed E-state index contributed by atoms with van der Waals surface area (Å²) in [5.41, 5.74) is -0.608. The Morgan fingerprint density at radius 2 is 2.05 bits per heavy atom. The summed E-state index contributed by atoms with van der Waals surface area (Å²) in [6.07, 6.45) is 1.28. The normalized spacial score (nSPS) is 18.7. The molecule has 0 radical (unpaired) electrons. The Bertz CT molecular complexity index is 470. The Morgan fingerprint density at radius 3 is 2.65 bits per heavy atom. The van der Waals surface area contributed by atoms with Crippen molar-refractivity contribution in [3.05, 3.63) is 30.1 Å². The topological polar surface area (TPSA) is 49.8 Å². The molecule has 1 saturated heterocycles. The second kappa shape index (κ2) is 6.22. The Labute approximate surface area is 118 Å². The Morgan fingerprint density at radius 1 is 1.40 bits per heavy atom. The van der Waals surface area contributed by atoms with Gasteiger partial charge in [-0.2, -0.15) is 0 Å². The predicted octanol–water partition coefficient (Wildman–Crippen LogP) is 2.39. The molecule has 1 aliphatic heterocycles. The van der Waals surface area contributed by atoms with Gasteiger partial charge in [0.05, 0.1) is 5.41 Å². The second-order valence-electron chi connectivity index (χ2n) is 5.49. The van der Waals surface area contributed by atoms with Crippen molar-refractivity contribution in [2.24, 2.45) is 5.41 Å². The predicted molar refractivity (Wildman–Crippen MR) is 73.3 cm³/mol. The molecule has 2 rings (SSSR count). The van der Waals surface area contributed by atoms with Gasteiger partial charge in [0.25, 0.3) is 0 Å². The maximum absolute atomic E-state index is 13.3. The first-order chi connectivity index (χ1) is 9.51. The monoisotopic (exact) mass is 281 g/mol. The van der Waals surface area contributed by atoms with Crippen molar-refractivity contribution in [1.29, 1.82) is 0 Å². The number of aliphatic carboxylic acids is 1. The largest absolute Gasteiger partial charge is 0.489 e. The summed E-state index contributed by atoms with van der Waals surface area (Å²) in [4.78, 5) is 13.3. The summed E-state index contributed by atoms with van der Waals surface area (Å²) in [5.74, 6) is -0.816. The molecule has 0 amide bonds. The Hall–Kier alpha value is -1.62. The van der Waals surface area contributed by atoms with E-state index in [4.69, 9.17) is 9.84 Å². The van der Waals surface area contributed by atoms with Crippen molar-refractivity contribution in [2.75, 3.05) is 26.2 Å². The second-order valence-corrected chi connectivity index (χ2v) is 5.49. The molecule has 1 aliphatic rings. The van der Waals surface area contributed by atoms with Crippen LogP contribution in [0.3, 0.4) is 0 Å². The van der Waals surface area contributed by atoms with Crippen LogP contribution in [0.5, 0.6) is 5.75 Å². The van der Waals surface area contributed by atoms with Crippen molar-refractivity contribution >= 4 is 5.97 Å². The Kier molecular flexibility index (Phi) is 4.60. The highest BCUT2D eigenvalue weighted by Gasteiger charge is 2.36. The van der Waals surface area contributed by atoms with Crippen LogP contribution in [-0.2, 0) is 4.79 Å². The molecule has 1 N–H and O–H groups in total. The molecule has 0 unspecified atom stereocenters. The van der Waals surface area contributed by atoms with E-state index in [-0.39, 0.29) is 11.6 Å². The van der Waals surface area contributed by atoms with Gasteiger partial charge in [-0.3, -0.25) is 9.69 Å². The minimum Gasteiger partial charge on any atom is -0.489 e. The summed E-state index contributed by atoms with van der Waals surface area (Å²) in [6.45, 7) is 4.37. The molecule has 0 saturated carbocycles. The van der Waals surface area contributed by atoms with E-state index in [1.54, 1.807) is 25.1 Å². The third kappa shape index (κ3) is 3.48. The van der Waals surface area contributed by atoms with E-state index in [2.05, 4.69) is 4.90 Å². The summed E-state index contributed by atoms with van der Waals surface area (Å²) in [5, 5.41) is 9.15. The molecule has 1 aromatic carbocycles. The first kappa shape index (κ1) is 14.8. The number of likely N-dealkylation sites (tertiary alicyclic amines) is 1. The molecule has 20 heavy (non-hydrogen) atoms. The molecular weight excluding hydrogens is 261 g/mol. The number of carboxylic acid groups (broad SMARTS) is 1. The van der Waals surface area contributed by atoms with Gasteiger partial charge in [0.2, 0.25) is 0 Å². The molecule has 0 bridgehead atoms. The molecule has 1 fully saturated rings. The lowest BCUT2D eigenvalue weighted by molar-refractivity contribution is -0.150. The van der Waals surface area contributed by atoms with Crippen LogP contribution in [0.15, 0.2) is 24.3 Å². The number of nitrogens with zero attached hydrogens (tertiary/aromatic N) is 1. The van der Waals surface area contributed by atoms with E-state index in [1.807, 2.05) is 0 Å². The van der Waals surface area contributed by atoms with Crippen LogP contribution in [-0.4, -0.2) is 42.2 Å². The average molecular weight is 281 g/mol. The third-order valence-electron chi connectivity index (χ3n) is 3.98. The van der Waals surface area contributed by atoms with E-state index in [0.717, 1.165) is 13.1 Å². The zero-order valence-corrected chi connectivity index (χ0v) is 11.6. The molecule has 1 aromatic rings.